The Labute approximate surface area is 225 Å². The Morgan fingerprint density at radius 2 is 1.74 bits per heavy atom. The maximum atomic E-state index is 13.4. The Morgan fingerprint density at radius 3 is 2.45 bits per heavy atom. The number of sulfonamides is 1. The van der Waals surface area contributed by atoms with Crippen LogP contribution < -0.4 is 14.9 Å². The van der Waals surface area contributed by atoms with Gasteiger partial charge < -0.3 is 10.6 Å². The van der Waals surface area contributed by atoms with Crippen molar-refractivity contribution in [3.8, 4) is 0 Å². The molecule has 2 aliphatic rings. The van der Waals surface area contributed by atoms with Gasteiger partial charge in [0.2, 0.25) is 15.9 Å². The van der Waals surface area contributed by atoms with Crippen LogP contribution in [0.15, 0.2) is 79.0 Å². The normalized spacial score (nSPS) is 21.7. The van der Waals surface area contributed by atoms with Gasteiger partial charge in [-0.25, -0.2) is 8.42 Å². The molecular formula is C30H36N4O3S. The largest absolute Gasteiger partial charge is 0.352 e. The van der Waals surface area contributed by atoms with Crippen molar-refractivity contribution in [2.45, 2.75) is 50.1 Å². The average Bonchev–Trinajstić information content (AvgIpc) is 3.25. The number of hydrogen-bond donors (Lipinski definition) is 2. The fourth-order valence-corrected chi connectivity index (χ4v) is 7.01. The minimum Gasteiger partial charge on any atom is -0.352 e. The zero-order valence-electron chi connectivity index (χ0n) is 21.8. The van der Waals surface area contributed by atoms with Gasteiger partial charge in [0.05, 0.1) is 17.6 Å². The zero-order valence-corrected chi connectivity index (χ0v) is 22.7. The topological polar surface area (TPSA) is 91.4 Å². The number of hydrogen-bond acceptors (Lipinski definition) is 5. The number of amides is 1. The number of anilines is 1. The Kier molecular flexibility index (Phi) is 7.81. The van der Waals surface area contributed by atoms with Crippen molar-refractivity contribution in [2.75, 3.05) is 23.7 Å². The number of carbonyl (C=O) groups excluding carboxylic acids is 1. The predicted molar refractivity (Wildman–Crippen MR) is 150 cm³/mol. The molecule has 200 valence electrons. The first-order valence-corrected chi connectivity index (χ1v) is 15.2. The van der Waals surface area contributed by atoms with E-state index in [0.29, 0.717) is 19.6 Å². The molecule has 8 heteroatoms. The van der Waals surface area contributed by atoms with Gasteiger partial charge in [0, 0.05) is 43.2 Å². The summed E-state index contributed by atoms with van der Waals surface area (Å²) in [5.74, 6) is 0.0146. The van der Waals surface area contributed by atoms with Crippen molar-refractivity contribution >= 4 is 21.6 Å². The summed E-state index contributed by atoms with van der Waals surface area (Å²) in [6.45, 7) is 1.75. The number of pyridine rings is 1. The van der Waals surface area contributed by atoms with Gasteiger partial charge >= 0.3 is 0 Å². The van der Waals surface area contributed by atoms with Crippen LogP contribution in [0, 0.1) is 5.92 Å². The molecule has 0 bridgehead atoms. The van der Waals surface area contributed by atoms with Crippen molar-refractivity contribution in [1.82, 2.24) is 15.6 Å². The lowest BCUT2D eigenvalue weighted by molar-refractivity contribution is -0.127. The highest BCUT2D eigenvalue weighted by atomic mass is 32.2. The lowest BCUT2D eigenvalue weighted by Gasteiger charge is -2.37. The van der Waals surface area contributed by atoms with E-state index in [-0.39, 0.29) is 23.3 Å². The third-order valence-electron chi connectivity index (χ3n) is 8.00. The third-order valence-corrected chi connectivity index (χ3v) is 9.12. The van der Waals surface area contributed by atoms with Crippen LogP contribution in [0.3, 0.4) is 0 Å². The molecule has 2 N–H and O–H groups in total. The fraction of sp³-hybridized carbons (Fsp3) is 0.400. The van der Waals surface area contributed by atoms with E-state index in [2.05, 4.69) is 33.8 Å². The summed E-state index contributed by atoms with van der Waals surface area (Å²) < 4.78 is 26.5. The number of benzene rings is 2. The molecule has 1 aliphatic carbocycles. The van der Waals surface area contributed by atoms with Gasteiger partial charge in [-0.15, -0.1) is 0 Å². The van der Waals surface area contributed by atoms with Gasteiger partial charge in [-0.3, -0.25) is 14.1 Å². The zero-order chi connectivity index (χ0) is 26.6. The summed E-state index contributed by atoms with van der Waals surface area (Å²) in [7, 11) is -3.35. The molecular weight excluding hydrogens is 496 g/mol. The third kappa shape index (κ3) is 5.92. The first kappa shape index (κ1) is 26.4. The van der Waals surface area contributed by atoms with Crippen LogP contribution in [-0.4, -0.2) is 44.7 Å². The lowest BCUT2D eigenvalue weighted by Crippen LogP contribution is -2.47. The smallest absolute Gasteiger partial charge is 0.232 e. The quantitative estimate of drug-likeness (QED) is 0.437. The first-order valence-electron chi connectivity index (χ1n) is 13.4. The van der Waals surface area contributed by atoms with E-state index in [1.807, 2.05) is 54.6 Å². The van der Waals surface area contributed by atoms with E-state index in [4.69, 9.17) is 0 Å². The molecule has 1 atom stereocenters. The molecule has 1 amide bonds. The molecule has 1 aromatic heterocycles. The second-order valence-corrected chi connectivity index (χ2v) is 12.6. The summed E-state index contributed by atoms with van der Waals surface area (Å²) >= 11 is 0. The summed E-state index contributed by atoms with van der Waals surface area (Å²) in [6, 6.07) is 23.9. The highest BCUT2D eigenvalue weighted by Crippen LogP contribution is 2.50. The van der Waals surface area contributed by atoms with Crippen LogP contribution in [0.1, 0.15) is 42.5 Å². The standard InChI is InChI=1S/C30H36N4O3S/c1-38(36,37)34-22-30(27-12-5-6-13-28(27)34)16-14-24(15-17-30)29(35)33-26(19-23-9-3-2-4-10-23)21-31-20-25-11-7-8-18-32-25/h2-13,18,24,26,31H,14-17,19-22H2,1H3,(H,33,35). The van der Waals surface area contributed by atoms with Crippen LogP contribution >= 0.6 is 0 Å². The minimum atomic E-state index is -3.35. The maximum absolute atomic E-state index is 13.4. The number of nitrogens with zero attached hydrogens (tertiary/aromatic N) is 2. The van der Waals surface area contributed by atoms with Crippen LogP contribution in [0.4, 0.5) is 5.69 Å². The van der Waals surface area contributed by atoms with Gasteiger partial charge in [-0.1, -0.05) is 54.6 Å². The summed E-state index contributed by atoms with van der Waals surface area (Å²) in [6.07, 6.45) is 6.90. The maximum Gasteiger partial charge on any atom is 0.232 e. The van der Waals surface area contributed by atoms with Crippen LogP contribution in [0.2, 0.25) is 0 Å². The van der Waals surface area contributed by atoms with Crippen LogP contribution in [-0.2, 0) is 33.2 Å². The second-order valence-electron chi connectivity index (χ2n) is 10.7. The van der Waals surface area contributed by atoms with E-state index in [9.17, 15) is 13.2 Å². The number of carbonyl (C=O) groups is 1. The number of rotatable bonds is 9. The molecule has 2 heterocycles. The van der Waals surface area contributed by atoms with Crippen LogP contribution in [0.25, 0.3) is 0 Å². The molecule has 38 heavy (non-hydrogen) atoms. The van der Waals surface area contributed by atoms with Gasteiger partial charge in [0.25, 0.3) is 0 Å². The molecule has 7 nitrogen and oxygen atoms in total. The number of fused-ring (bicyclic) bond motifs is 2. The molecule has 1 unspecified atom stereocenters. The van der Waals surface area contributed by atoms with Crippen molar-refractivity contribution in [3.63, 3.8) is 0 Å². The molecule has 3 aromatic rings. The highest BCUT2D eigenvalue weighted by molar-refractivity contribution is 7.92. The lowest BCUT2D eigenvalue weighted by atomic mass is 9.67. The summed E-state index contributed by atoms with van der Waals surface area (Å²) in [4.78, 5) is 17.8. The van der Waals surface area contributed by atoms with Crippen molar-refractivity contribution in [1.29, 1.82) is 0 Å². The van der Waals surface area contributed by atoms with E-state index in [1.165, 1.54) is 11.8 Å². The monoisotopic (exact) mass is 532 g/mol. The predicted octanol–water partition coefficient (Wildman–Crippen LogP) is 3.81. The molecule has 1 saturated carbocycles. The minimum absolute atomic E-state index is 0.0440. The number of aromatic nitrogens is 1. The van der Waals surface area contributed by atoms with Crippen molar-refractivity contribution in [2.24, 2.45) is 5.92 Å². The molecule has 1 aliphatic heterocycles. The van der Waals surface area contributed by atoms with Crippen molar-refractivity contribution in [3.05, 3.63) is 95.8 Å². The molecule has 1 fully saturated rings. The Bertz CT molecular complexity index is 1340. The van der Waals surface area contributed by atoms with E-state index >= 15 is 0 Å². The highest BCUT2D eigenvalue weighted by Gasteiger charge is 2.47. The second kappa shape index (κ2) is 11.3. The van der Waals surface area contributed by atoms with E-state index < -0.39 is 10.0 Å². The van der Waals surface area contributed by atoms with Gasteiger partial charge in [-0.2, -0.15) is 0 Å². The SMILES string of the molecule is CS(=O)(=O)N1CC2(CCC(C(=O)NC(CNCc3ccccn3)Cc3ccccc3)CC2)c2ccccc21. The Balaban J connectivity index is 1.23. The van der Waals surface area contributed by atoms with E-state index in [0.717, 1.165) is 49.0 Å². The summed E-state index contributed by atoms with van der Waals surface area (Å²) in [5.41, 5.74) is 3.83. The molecule has 0 radical (unpaired) electrons. The van der Waals surface area contributed by atoms with Crippen LogP contribution in [0.5, 0.6) is 0 Å². The molecule has 5 rings (SSSR count). The fourth-order valence-electron chi connectivity index (χ4n) is 6.01. The Hall–Kier alpha value is -3.23. The van der Waals surface area contributed by atoms with Gasteiger partial charge in [0.15, 0.2) is 0 Å². The van der Waals surface area contributed by atoms with E-state index in [1.54, 1.807) is 10.5 Å². The molecule has 1 spiro atoms. The number of para-hydroxylation sites is 1. The Morgan fingerprint density at radius 1 is 1.03 bits per heavy atom. The molecule has 2 aromatic carbocycles. The average molecular weight is 533 g/mol. The first-order chi connectivity index (χ1) is 18.3. The van der Waals surface area contributed by atoms with Crippen molar-refractivity contribution < 1.29 is 13.2 Å². The number of nitrogens with one attached hydrogen (secondary N) is 2. The summed E-state index contributed by atoms with van der Waals surface area (Å²) in [5, 5.41) is 6.78. The van der Waals surface area contributed by atoms with Gasteiger partial charge in [-0.05, 0) is 61.4 Å². The van der Waals surface area contributed by atoms with Gasteiger partial charge in [0.1, 0.15) is 0 Å². The molecule has 0 saturated heterocycles.